The molecule has 0 radical (unpaired) electrons. The largest absolute Gasteiger partial charge is 0.388 e. The van der Waals surface area contributed by atoms with Gasteiger partial charge in [-0.25, -0.2) is 4.39 Å². The lowest BCUT2D eigenvalue weighted by molar-refractivity contribution is 0.147. The van der Waals surface area contributed by atoms with Gasteiger partial charge in [0.15, 0.2) is 0 Å². The van der Waals surface area contributed by atoms with Gasteiger partial charge in [0.05, 0.1) is 6.10 Å². The van der Waals surface area contributed by atoms with Gasteiger partial charge in [0.2, 0.25) is 0 Å². The molecule has 0 fully saturated rings. The summed E-state index contributed by atoms with van der Waals surface area (Å²) in [5.74, 6) is -0.781. The SMILES string of the molecule is NCC(c1ccc(Cl)cc1)C(O)c1ccc(F)cc1Cl. The monoisotopic (exact) mass is 313 g/mol. The first kappa shape index (κ1) is 15.3. The van der Waals surface area contributed by atoms with Crippen molar-refractivity contribution in [1.29, 1.82) is 0 Å². The van der Waals surface area contributed by atoms with Crippen LogP contribution in [0.4, 0.5) is 4.39 Å². The van der Waals surface area contributed by atoms with Crippen LogP contribution in [0.25, 0.3) is 0 Å². The van der Waals surface area contributed by atoms with Crippen molar-refractivity contribution in [2.75, 3.05) is 6.54 Å². The molecule has 2 nitrogen and oxygen atoms in total. The highest BCUT2D eigenvalue weighted by Gasteiger charge is 2.23. The molecule has 2 aromatic rings. The zero-order valence-corrected chi connectivity index (χ0v) is 12.1. The van der Waals surface area contributed by atoms with Gasteiger partial charge in [-0.1, -0.05) is 41.4 Å². The van der Waals surface area contributed by atoms with E-state index in [1.807, 2.05) is 0 Å². The lowest BCUT2D eigenvalue weighted by Crippen LogP contribution is -2.20. The molecule has 5 heteroatoms. The molecule has 0 spiro atoms. The van der Waals surface area contributed by atoms with E-state index in [0.29, 0.717) is 10.6 Å². The highest BCUT2D eigenvalue weighted by atomic mass is 35.5. The summed E-state index contributed by atoms with van der Waals surface area (Å²) in [6, 6.07) is 11.0. The Morgan fingerprint density at radius 2 is 1.75 bits per heavy atom. The fraction of sp³-hybridized carbons (Fsp3) is 0.200. The van der Waals surface area contributed by atoms with E-state index in [4.69, 9.17) is 28.9 Å². The number of hydrogen-bond donors (Lipinski definition) is 2. The van der Waals surface area contributed by atoms with Gasteiger partial charge >= 0.3 is 0 Å². The fourth-order valence-corrected chi connectivity index (χ4v) is 2.52. The number of nitrogens with two attached hydrogens (primary N) is 1. The van der Waals surface area contributed by atoms with Gasteiger partial charge in [-0.05, 0) is 35.4 Å². The Labute approximate surface area is 126 Å². The van der Waals surface area contributed by atoms with Gasteiger partial charge in [0, 0.05) is 22.5 Å². The molecule has 0 saturated carbocycles. The van der Waals surface area contributed by atoms with E-state index in [0.717, 1.165) is 5.56 Å². The van der Waals surface area contributed by atoms with Crippen LogP contribution in [0.5, 0.6) is 0 Å². The third-order valence-corrected chi connectivity index (χ3v) is 3.79. The van der Waals surface area contributed by atoms with Crippen LogP contribution in [0.1, 0.15) is 23.1 Å². The summed E-state index contributed by atoms with van der Waals surface area (Å²) >= 11 is 11.8. The van der Waals surface area contributed by atoms with Crippen LogP contribution in [0, 0.1) is 5.82 Å². The van der Waals surface area contributed by atoms with Crippen molar-refractivity contribution in [3.05, 3.63) is 69.5 Å². The van der Waals surface area contributed by atoms with Crippen molar-refractivity contribution in [1.82, 2.24) is 0 Å². The van der Waals surface area contributed by atoms with Crippen LogP contribution in [0.15, 0.2) is 42.5 Å². The summed E-state index contributed by atoms with van der Waals surface area (Å²) in [7, 11) is 0. The summed E-state index contributed by atoms with van der Waals surface area (Å²) < 4.78 is 13.1. The van der Waals surface area contributed by atoms with Crippen molar-refractivity contribution in [3.63, 3.8) is 0 Å². The molecule has 2 rings (SSSR count). The second-order valence-corrected chi connectivity index (χ2v) is 5.35. The number of rotatable bonds is 4. The maximum absolute atomic E-state index is 13.1. The van der Waals surface area contributed by atoms with E-state index in [1.165, 1.54) is 18.2 Å². The second-order valence-electron chi connectivity index (χ2n) is 4.50. The maximum Gasteiger partial charge on any atom is 0.124 e. The Kier molecular flexibility index (Phi) is 5.00. The van der Waals surface area contributed by atoms with Crippen molar-refractivity contribution in [2.24, 2.45) is 5.73 Å². The van der Waals surface area contributed by atoms with Crippen molar-refractivity contribution in [2.45, 2.75) is 12.0 Å². The van der Waals surface area contributed by atoms with Crippen molar-refractivity contribution >= 4 is 23.2 Å². The minimum atomic E-state index is -0.908. The van der Waals surface area contributed by atoms with Crippen molar-refractivity contribution in [3.8, 4) is 0 Å². The topological polar surface area (TPSA) is 46.2 Å². The predicted octanol–water partition coefficient (Wildman–Crippen LogP) is 3.91. The van der Waals surface area contributed by atoms with Gasteiger partial charge in [0.25, 0.3) is 0 Å². The van der Waals surface area contributed by atoms with Gasteiger partial charge in [0.1, 0.15) is 5.82 Å². The predicted molar refractivity (Wildman–Crippen MR) is 79.6 cm³/mol. The normalized spacial score (nSPS) is 14.1. The summed E-state index contributed by atoms with van der Waals surface area (Å²) in [5.41, 5.74) is 7.06. The minimum Gasteiger partial charge on any atom is -0.388 e. The number of benzene rings is 2. The number of hydrogen-bond acceptors (Lipinski definition) is 2. The minimum absolute atomic E-state index is 0.185. The van der Waals surface area contributed by atoms with Gasteiger partial charge in [-0.3, -0.25) is 0 Å². The third kappa shape index (κ3) is 3.30. The molecule has 0 amide bonds. The van der Waals surface area contributed by atoms with Gasteiger partial charge in [-0.15, -0.1) is 0 Å². The van der Waals surface area contributed by atoms with Crippen LogP contribution >= 0.6 is 23.2 Å². The summed E-state index contributed by atoms with van der Waals surface area (Å²) in [5, 5.41) is 11.2. The fourth-order valence-electron chi connectivity index (χ4n) is 2.12. The standard InChI is InChI=1S/C15H14Cl2FNO/c16-10-3-1-9(2-4-10)13(8-19)15(20)12-6-5-11(18)7-14(12)17/h1-7,13,15,20H,8,19H2. The molecule has 20 heavy (non-hydrogen) atoms. The molecule has 3 N–H and O–H groups in total. The van der Waals surface area contributed by atoms with Crippen LogP contribution in [0.2, 0.25) is 10.0 Å². The Balaban J connectivity index is 2.33. The molecule has 0 bridgehead atoms. The van der Waals surface area contributed by atoms with E-state index in [2.05, 4.69) is 0 Å². The maximum atomic E-state index is 13.1. The molecule has 0 aliphatic carbocycles. The Morgan fingerprint density at radius 1 is 1.10 bits per heavy atom. The molecule has 0 aromatic heterocycles. The Bertz CT molecular complexity index is 589. The van der Waals surface area contributed by atoms with Crippen LogP contribution < -0.4 is 5.73 Å². The lowest BCUT2D eigenvalue weighted by Gasteiger charge is -2.23. The van der Waals surface area contributed by atoms with E-state index < -0.39 is 11.9 Å². The molecule has 0 heterocycles. The number of aliphatic hydroxyl groups excluding tert-OH is 1. The molecule has 106 valence electrons. The molecule has 0 aliphatic heterocycles. The van der Waals surface area contributed by atoms with Crippen molar-refractivity contribution < 1.29 is 9.50 Å². The quantitative estimate of drug-likeness (QED) is 0.899. The average molecular weight is 314 g/mol. The van der Waals surface area contributed by atoms with E-state index >= 15 is 0 Å². The molecule has 0 aliphatic rings. The Morgan fingerprint density at radius 3 is 2.30 bits per heavy atom. The zero-order valence-electron chi connectivity index (χ0n) is 10.6. The highest BCUT2D eigenvalue weighted by molar-refractivity contribution is 6.31. The molecule has 0 saturated heterocycles. The van der Waals surface area contributed by atoms with Gasteiger partial charge < -0.3 is 10.8 Å². The first-order chi connectivity index (χ1) is 9.52. The first-order valence-corrected chi connectivity index (χ1v) is 6.87. The molecule has 2 aromatic carbocycles. The lowest BCUT2D eigenvalue weighted by atomic mass is 9.89. The Hall–Kier alpha value is -1.13. The van der Waals surface area contributed by atoms with E-state index in [1.54, 1.807) is 24.3 Å². The second kappa shape index (κ2) is 6.55. The third-order valence-electron chi connectivity index (χ3n) is 3.21. The molecule has 2 atom stereocenters. The van der Waals surface area contributed by atoms with Crippen LogP contribution in [-0.4, -0.2) is 11.7 Å². The summed E-state index contributed by atoms with van der Waals surface area (Å²) in [4.78, 5) is 0. The number of halogens is 3. The van der Waals surface area contributed by atoms with E-state index in [9.17, 15) is 9.50 Å². The van der Waals surface area contributed by atoms with Crippen LogP contribution in [-0.2, 0) is 0 Å². The zero-order chi connectivity index (χ0) is 14.7. The summed E-state index contributed by atoms with van der Waals surface area (Å²) in [6.07, 6.45) is -0.908. The smallest absolute Gasteiger partial charge is 0.124 e. The average Bonchev–Trinajstić information content (AvgIpc) is 2.41. The van der Waals surface area contributed by atoms with Gasteiger partial charge in [-0.2, -0.15) is 0 Å². The van der Waals surface area contributed by atoms with E-state index in [-0.39, 0.29) is 17.5 Å². The number of aliphatic hydroxyl groups is 1. The highest BCUT2D eigenvalue weighted by Crippen LogP contribution is 2.34. The summed E-state index contributed by atoms with van der Waals surface area (Å²) in [6.45, 7) is 0.233. The molecular weight excluding hydrogens is 300 g/mol. The van der Waals surface area contributed by atoms with Crippen LogP contribution in [0.3, 0.4) is 0 Å². The molecule has 2 unspecified atom stereocenters. The first-order valence-electron chi connectivity index (χ1n) is 6.11. The molecular formula is C15H14Cl2FNO.